The van der Waals surface area contributed by atoms with Gasteiger partial charge in [0.1, 0.15) is 0 Å². The number of hydrogen-bond acceptors (Lipinski definition) is 3. The summed E-state index contributed by atoms with van der Waals surface area (Å²) in [5.41, 5.74) is 0. The number of ether oxygens (including phenoxy) is 1. The van der Waals surface area contributed by atoms with Crippen molar-refractivity contribution in [3.05, 3.63) is 0 Å². The van der Waals surface area contributed by atoms with E-state index in [1.165, 1.54) is 51.4 Å². The molecule has 0 aromatic heterocycles. The Morgan fingerprint density at radius 1 is 0.905 bits per heavy atom. The third-order valence-corrected chi connectivity index (χ3v) is 3.71. The van der Waals surface area contributed by atoms with E-state index in [0.717, 1.165) is 12.8 Å². The average molecular weight is 300 g/mol. The molecule has 1 atom stereocenters. The first-order valence-electron chi connectivity index (χ1n) is 8.92. The van der Waals surface area contributed by atoms with Crippen LogP contribution in [-0.2, 0) is 9.53 Å². The van der Waals surface area contributed by atoms with Crippen LogP contribution in [0.1, 0.15) is 91.4 Å². The van der Waals surface area contributed by atoms with E-state index in [0.29, 0.717) is 18.9 Å². The molecule has 0 radical (unpaired) electrons. The van der Waals surface area contributed by atoms with E-state index in [-0.39, 0.29) is 0 Å². The molecule has 3 heteroatoms. The largest absolute Gasteiger partial charge is 0.464 e. The lowest BCUT2D eigenvalue weighted by molar-refractivity contribution is -0.154. The molecule has 0 saturated heterocycles. The number of aliphatic hydroxyl groups is 1. The van der Waals surface area contributed by atoms with Crippen LogP contribution < -0.4 is 0 Å². The zero-order valence-electron chi connectivity index (χ0n) is 14.4. The summed E-state index contributed by atoms with van der Waals surface area (Å²) >= 11 is 0. The molecule has 0 fully saturated rings. The van der Waals surface area contributed by atoms with Gasteiger partial charge in [0.15, 0.2) is 6.10 Å². The Kier molecular flexibility index (Phi) is 14.0. The van der Waals surface area contributed by atoms with E-state index >= 15 is 0 Å². The lowest BCUT2D eigenvalue weighted by Crippen LogP contribution is -2.25. The van der Waals surface area contributed by atoms with Gasteiger partial charge >= 0.3 is 5.97 Å². The number of carbonyl (C=O) groups excluding carboxylic acids is 1. The van der Waals surface area contributed by atoms with Gasteiger partial charge in [-0.05, 0) is 18.8 Å². The molecule has 0 aliphatic carbocycles. The molecule has 1 N–H and O–H groups in total. The van der Waals surface area contributed by atoms with Gasteiger partial charge in [0.05, 0.1) is 6.61 Å². The summed E-state index contributed by atoms with van der Waals surface area (Å²) in [5, 5.41) is 9.57. The summed E-state index contributed by atoms with van der Waals surface area (Å²) in [6.45, 7) is 6.66. The van der Waals surface area contributed by atoms with Crippen molar-refractivity contribution in [2.24, 2.45) is 5.92 Å². The second kappa shape index (κ2) is 14.4. The molecule has 0 spiro atoms. The third-order valence-electron chi connectivity index (χ3n) is 3.71. The molecular weight excluding hydrogens is 264 g/mol. The van der Waals surface area contributed by atoms with Crippen molar-refractivity contribution in [3.8, 4) is 0 Å². The molecule has 1 unspecified atom stereocenters. The van der Waals surface area contributed by atoms with E-state index in [2.05, 4.69) is 6.92 Å². The molecular formula is C18H36O3. The van der Waals surface area contributed by atoms with E-state index in [9.17, 15) is 9.90 Å². The maximum absolute atomic E-state index is 11.5. The Balaban J connectivity index is 3.26. The van der Waals surface area contributed by atoms with Gasteiger partial charge in [-0.2, -0.15) is 0 Å². The van der Waals surface area contributed by atoms with Gasteiger partial charge < -0.3 is 9.84 Å². The zero-order valence-corrected chi connectivity index (χ0v) is 14.4. The summed E-state index contributed by atoms with van der Waals surface area (Å²) < 4.78 is 5.09. The van der Waals surface area contributed by atoms with E-state index in [4.69, 9.17) is 4.74 Å². The summed E-state index contributed by atoms with van der Waals surface area (Å²) in [6, 6.07) is 0. The SMILES string of the molecule is CCCCCCCCCCCCOC(=O)C(O)CC(C)C. The van der Waals surface area contributed by atoms with Crippen LogP contribution in [0.2, 0.25) is 0 Å². The minimum atomic E-state index is -0.951. The number of aliphatic hydroxyl groups excluding tert-OH is 1. The zero-order chi connectivity index (χ0) is 15.9. The fourth-order valence-corrected chi connectivity index (χ4v) is 2.40. The molecule has 0 rings (SSSR count). The van der Waals surface area contributed by atoms with Gasteiger partial charge in [0.25, 0.3) is 0 Å². The van der Waals surface area contributed by atoms with Crippen LogP contribution in [0.4, 0.5) is 0 Å². The maximum Gasteiger partial charge on any atom is 0.334 e. The first-order valence-corrected chi connectivity index (χ1v) is 8.92. The van der Waals surface area contributed by atoms with Crippen LogP contribution in [0, 0.1) is 5.92 Å². The van der Waals surface area contributed by atoms with E-state index in [1.807, 2.05) is 13.8 Å². The maximum atomic E-state index is 11.5. The predicted octanol–water partition coefficient (Wildman–Crippen LogP) is 4.86. The monoisotopic (exact) mass is 300 g/mol. The average Bonchev–Trinajstić information content (AvgIpc) is 2.43. The molecule has 126 valence electrons. The normalized spacial score (nSPS) is 12.6. The van der Waals surface area contributed by atoms with Gasteiger partial charge in [0, 0.05) is 0 Å². The summed E-state index contributed by atoms with van der Waals surface area (Å²) in [6.07, 6.45) is 12.2. The Labute approximate surface area is 131 Å². The quantitative estimate of drug-likeness (QED) is 0.368. The minimum Gasteiger partial charge on any atom is -0.464 e. The lowest BCUT2D eigenvalue weighted by Gasteiger charge is -2.12. The van der Waals surface area contributed by atoms with E-state index in [1.54, 1.807) is 0 Å². The number of esters is 1. The predicted molar refractivity (Wildman–Crippen MR) is 88.3 cm³/mol. The molecule has 3 nitrogen and oxygen atoms in total. The van der Waals surface area contributed by atoms with Crippen molar-refractivity contribution < 1.29 is 14.6 Å². The summed E-state index contributed by atoms with van der Waals surface area (Å²) in [4.78, 5) is 11.5. The van der Waals surface area contributed by atoms with Crippen LogP contribution >= 0.6 is 0 Å². The van der Waals surface area contributed by atoms with Gasteiger partial charge in [0.2, 0.25) is 0 Å². The Morgan fingerprint density at radius 2 is 1.38 bits per heavy atom. The number of hydrogen-bond donors (Lipinski definition) is 1. The van der Waals surface area contributed by atoms with Gasteiger partial charge in [-0.25, -0.2) is 4.79 Å². The topological polar surface area (TPSA) is 46.5 Å². The highest BCUT2D eigenvalue weighted by Gasteiger charge is 2.17. The third kappa shape index (κ3) is 14.1. The Hall–Kier alpha value is -0.570. The smallest absolute Gasteiger partial charge is 0.334 e. The highest BCUT2D eigenvalue weighted by molar-refractivity contribution is 5.74. The first-order chi connectivity index (χ1) is 10.1. The Morgan fingerprint density at radius 3 is 1.86 bits per heavy atom. The van der Waals surface area contributed by atoms with Crippen molar-refractivity contribution >= 4 is 5.97 Å². The molecule has 0 aliphatic rings. The molecule has 0 amide bonds. The first kappa shape index (κ1) is 20.4. The van der Waals surface area contributed by atoms with E-state index < -0.39 is 12.1 Å². The molecule has 0 aliphatic heterocycles. The molecule has 0 aromatic rings. The van der Waals surface area contributed by atoms with Crippen molar-refractivity contribution in [1.82, 2.24) is 0 Å². The summed E-state index contributed by atoms with van der Waals surface area (Å²) in [5.74, 6) is -0.149. The number of unbranched alkanes of at least 4 members (excludes halogenated alkanes) is 9. The van der Waals surface area contributed by atoms with Crippen molar-refractivity contribution in [1.29, 1.82) is 0 Å². The van der Waals surface area contributed by atoms with Gasteiger partial charge in [-0.15, -0.1) is 0 Å². The molecule has 0 bridgehead atoms. The molecule has 21 heavy (non-hydrogen) atoms. The highest BCUT2D eigenvalue weighted by Crippen LogP contribution is 2.11. The fourth-order valence-electron chi connectivity index (χ4n) is 2.40. The Bertz CT molecular complexity index is 239. The van der Waals surface area contributed by atoms with Gasteiger partial charge in [-0.1, -0.05) is 78.6 Å². The highest BCUT2D eigenvalue weighted by atomic mass is 16.5. The van der Waals surface area contributed by atoms with Crippen LogP contribution in [0.5, 0.6) is 0 Å². The van der Waals surface area contributed by atoms with Crippen LogP contribution in [0.15, 0.2) is 0 Å². The van der Waals surface area contributed by atoms with Crippen molar-refractivity contribution in [2.45, 2.75) is 97.5 Å². The lowest BCUT2D eigenvalue weighted by atomic mass is 10.1. The molecule has 0 heterocycles. The number of rotatable bonds is 14. The van der Waals surface area contributed by atoms with Crippen LogP contribution in [0.25, 0.3) is 0 Å². The van der Waals surface area contributed by atoms with Gasteiger partial charge in [-0.3, -0.25) is 0 Å². The van der Waals surface area contributed by atoms with Crippen LogP contribution in [0.3, 0.4) is 0 Å². The minimum absolute atomic E-state index is 0.310. The second-order valence-corrected chi connectivity index (χ2v) is 6.49. The summed E-state index contributed by atoms with van der Waals surface area (Å²) in [7, 11) is 0. The standard InChI is InChI=1S/C18H36O3/c1-4-5-6-7-8-9-10-11-12-13-14-21-18(20)17(19)15-16(2)3/h16-17,19H,4-15H2,1-3H3. The second-order valence-electron chi connectivity index (χ2n) is 6.49. The molecule has 0 aromatic carbocycles. The molecule has 0 saturated carbocycles. The van der Waals surface area contributed by atoms with Crippen LogP contribution in [-0.4, -0.2) is 23.8 Å². The number of carbonyl (C=O) groups is 1. The van der Waals surface area contributed by atoms with Crippen molar-refractivity contribution in [3.63, 3.8) is 0 Å². The fraction of sp³-hybridized carbons (Fsp3) is 0.944. The van der Waals surface area contributed by atoms with Crippen molar-refractivity contribution in [2.75, 3.05) is 6.61 Å².